The van der Waals surface area contributed by atoms with Crippen molar-refractivity contribution in [2.24, 2.45) is 0 Å². The Morgan fingerprint density at radius 2 is 1.91 bits per heavy atom. The molecule has 0 aliphatic carbocycles. The quantitative estimate of drug-likeness (QED) is 0.290. The highest BCUT2D eigenvalue weighted by molar-refractivity contribution is 7.15. The van der Waals surface area contributed by atoms with Crippen LogP contribution in [0.15, 0.2) is 66.4 Å². The van der Waals surface area contributed by atoms with Gasteiger partial charge in [-0.3, -0.25) is 10.1 Å². The lowest BCUT2D eigenvalue weighted by Gasteiger charge is -2.09. The summed E-state index contributed by atoms with van der Waals surface area (Å²) in [5.74, 6) is 0.225. The van der Waals surface area contributed by atoms with Crippen molar-refractivity contribution in [1.29, 1.82) is 5.26 Å². The molecule has 2 heterocycles. The third-order valence-electron chi connectivity index (χ3n) is 5.34. The van der Waals surface area contributed by atoms with E-state index in [9.17, 15) is 10.1 Å². The first-order valence-electron chi connectivity index (χ1n) is 10.6. The zero-order valence-corrected chi connectivity index (χ0v) is 19.9. The Balaban J connectivity index is 1.46. The van der Waals surface area contributed by atoms with Crippen molar-refractivity contribution in [3.63, 3.8) is 0 Å². The molecule has 8 heteroatoms. The highest BCUT2D eigenvalue weighted by Crippen LogP contribution is 2.22. The topological polar surface area (TPSA) is 92.8 Å². The second-order valence-electron chi connectivity index (χ2n) is 7.75. The first kappa shape index (κ1) is 23.0. The van der Waals surface area contributed by atoms with Crippen molar-refractivity contribution in [1.82, 2.24) is 14.8 Å². The molecule has 0 bridgehead atoms. The van der Waals surface area contributed by atoms with Crippen molar-refractivity contribution < 1.29 is 9.53 Å². The van der Waals surface area contributed by atoms with Crippen LogP contribution < -0.4 is 10.1 Å². The van der Waals surface area contributed by atoms with Crippen LogP contribution >= 0.6 is 11.3 Å². The summed E-state index contributed by atoms with van der Waals surface area (Å²) in [6.07, 6.45) is 3.46. The van der Waals surface area contributed by atoms with Gasteiger partial charge >= 0.3 is 0 Å². The van der Waals surface area contributed by atoms with E-state index in [1.54, 1.807) is 6.08 Å². The molecule has 2 aromatic carbocycles. The summed E-state index contributed by atoms with van der Waals surface area (Å²) >= 11 is 1.20. The Kier molecular flexibility index (Phi) is 6.85. The standard InChI is InChI=1S/C26H23N5O2S/c1-17-10-11-22(13-19(17)3)31-12-6-8-21(31)14-20(15-27)25(32)28-26-30-29-24(34-26)16-33-23-9-5-4-7-18(23)2/h4-14H,16H2,1-3H3,(H,28,30,32). The number of amides is 1. The molecular formula is C26H23N5O2S. The Morgan fingerprint density at radius 1 is 1.09 bits per heavy atom. The van der Waals surface area contributed by atoms with Crippen LogP contribution in [0, 0.1) is 32.1 Å². The SMILES string of the molecule is Cc1ccc(-n2cccc2C=C(C#N)C(=O)Nc2nnc(COc3ccccc3C)s2)cc1C. The normalized spacial score (nSPS) is 11.2. The van der Waals surface area contributed by atoms with Crippen molar-refractivity contribution in [3.05, 3.63) is 93.8 Å². The van der Waals surface area contributed by atoms with Gasteiger partial charge in [0.15, 0.2) is 5.01 Å². The maximum Gasteiger partial charge on any atom is 0.268 e. The highest BCUT2D eigenvalue weighted by Gasteiger charge is 2.14. The van der Waals surface area contributed by atoms with E-state index in [-0.39, 0.29) is 12.2 Å². The summed E-state index contributed by atoms with van der Waals surface area (Å²) < 4.78 is 7.71. The van der Waals surface area contributed by atoms with Crippen molar-refractivity contribution >= 4 is 28.5 Å². The highest BCUT2D eigenvalue weighted by atomic mass is 32.1. The van der Waals surface area contributed by atoms with E-state index >= 15 is 0 Å². The zero-order chi connectivity index (χ0) is 24.1. The second kappa shape index (κ2) is 10.1. The first-order valence-corrected chi connectivity index (χ1v) is 11.4. The molecule has 1 amide bonds. The van der Waals surface area contributed by atoms with Crippen LogP contribution in [0.2, 0.25) is 0 Å². The van der Waals surface area contributed by atoms with Gasteiger partial charge in [0, 0.05) is 17.6 Å². The molecule has 0 spiro atoms. The third-order valence-corrected chi connectivity index (χ3v) is 6.15. The van der Waals surface area contributed by atoms with Gasteiger partial charge in [0.05, 0.1) is 0 Å². The molecule has 4 rings (SSSR count). The third kappa shape index (κ3) is 5.22. The molecule has 0 unspecified atom stereocenters. The molecule has 1 N–H and O–H groups in total. The predicted molar refractivity (Wildman–Crippen MR) is 133 cm³/mol. The van der Waals surface area contributed by atoms with E-state index in [1.807, 2.05) is 79.2 Å². The Bertz CT molecular complexity index is 1410. The van der Waals surface area contributed by atoms with Gasteiger partial charge in [-0.2, -0.15) is 5.26 Å². The van der Waals surface area contributed by atoms with Crippen molar-refractivity contribution in [2.75, 3.05) is 5.32 Å². The van der Waals surface area contributed by atoms with Gasteiger partial charge in [-0.1, -0.05) is 35.6 Å². The number of ether oxygens (including phenoxy) is 1. The van der Waals surface area contributed by atoms with Gasteiger partial charge in [-0.25, -0.2) is 0 Å². The lowest BCUT2D eigenvalue weighted by molar-refractivity contribution is -0.112. The minimum Gasteiger partial charge on any atom is -0.486 e. The molecule has 0 atom stereocenters. The summed E-state index contributed by atoms with van der Waals surface area (Å²) in [6.45, 7) is 6.31. The molecule has 4 aromatic rings. The number of hydrogen-bond acceptors (Lipinski definition) is 6. The maximum absolute atomic E-state index is 12.7. The summed E-state index contributed by atoms with van der Waals surface area (Å²) in [7, 11) is 0. The number of nitrogens with zero attached hydrogens (tertiary/aromatic N) is 4. The van der Waals surface area contributed by atoms with Gasteiger partial charge in [-0.05, 0) is 73.9 Å². The predicted octanol–water partition coefficient (Wildman–Crippen LogP) is 5.38. The van der Waals surface area contributed by atoms with Crippen molar-refractivity contribution in [3.8, 4) is 17.5 Å². The minimum atomic E-state index is -0.544. The average molecular weight is 470 g/mol. The number of anilines is 1. The van der Waals surface area contributed by atoms with Gasteiger partial charge < -0.3 is 9.30 Å². The zero-order valence-electron chi connectivity index (χ0n) is 19.1. The molecular weight excluding hydrogens is 446 g/mol. The first-order chi connectivity index (χ1) is 16.4. The number of nitriles is 1. The lowest BCUT2D eigenvalue weighted by atomic mass is 10.1. The monoisotopic (exact) mass is 469 g/mol. The van der Waals surface area contributed by atoms with Crippen LogP contribution in [0.5, 0.6) is 5.75 Å². The molecule has 34 heavy (non-hydrogen) atoms. The molecule has 0 saturated carbocycles. The molecule has 2 aromatic heterocycles. The number of hydrogen-bond donors (Lipinski definition) is 1. The Morgan fingerprint density at radius 3 is 2.68 bits per heavy atom. The van der Waals surface area contributed by atoms with Gasteiger partial charge in [0.1, 0.15) is 24.0 Å². The number of nitrogens with one attached hydrogen (secondary N) is 1. The van der Waals surface area contributed by atoms with Gasteiger partial charge in [0.2, 0.25) is 5.13 Å². The van der Waals surface area contributed by atoms with Gasteiger partial charge in [-0.15, -0.1) is 10.2 Å². The number of benzene rings is 2. The van der Waals surface area contributed by atoms with E-state index in [1.165, 1.54) is 16.9 Å². The fourth-order valence-electron chi connectivity index (χ4n) is 3.30. The lowest BCUT2D eigenvalue weighted by Crippen LogP contribution is -2.13. The number of rotatable bonds is 7. The molecule has 170 valence electrons. The summed E-state index contributed by atoms with van der Waals surface area (Å²) in [6, 6.07) is 19.5. The Labute approximate surface area is 202 Å². The van der Waals surface area contributed by atoms with Crippen LogP contribution in [0.25, 0.3) is 11.8 Å². The molecule has 0 radical (unpaired) electrons. The second-order valence-corrected chi connectivity index (χ2v) is 8.81. The van der Waals surface area contributed by atoms with Gasteiger partial charge in [0.25, 0.3) is 5.91 Å². The largest absolute Gasteiger partial charge is 0.486 e. The number of carbonyl (C=O) groups excluding carboxylic acids is 1. The molecule has 0 saturated heterocycles. The molecule has 7 nitrogen and oxygen atoms in total. The summed E-state index contributed by atoms with van der Waals surface area (Å²) in [4.78, 5) is 12.7. The Hall–Kier alpha value is -4.22. The maximum atomic E-state index is 12.7. The van der Waals surface area contributed by atoms with Crippen LogP contribution in [0.1, 0.15) is 27.4 Å². The number of aromatic nitrogens is 3. The molecule has 0 fully saturated rings. The molecule has 0 aliphatic rings. The van der Waals surface area contributed by atoms with E-state index < -0.39 is 5.91 Å². The van der Waals surface area contributed by atoms with E-state index in [0.717, 1.165) is 28.3 Å². The van der Waals surface area contributed by atoms with Crippen LogP contribution in [0.3, 0.4) is 0 Å². The smallest absolute Gasteiger partial charge is 0.268 e. The van der Waals surface area contributed by atoms with E-state index in [2.05, 4.69) is 28.5 Å². The van der Waals surface area contributed by atoms with E-state index in [4.69, 9.17) is 4.74 Å². The molecule has 0 aliphatic heterocycles. The number of carbonyl (C=O) groups is 1. The fraction of sp³-hybridized carbons (Fsp3) is 0.154. The van der Waals surface area contributed by atoms with Crippen LogP contribution in [-0.2, 0) is 11.4 Å². The van der Waals surface area contributed by atoms with E-state index in [0.29, 0.717) is 10.1 Å². The van der Waals surface area contributed by atoms with Crippen molar-refractivity contribution in [2.45, 2.75) is 27.4 Å². The number of aryl methyl sites for hydroxylation is 3. The van der Waals surface area contributed by atoms with Crippen LogP contribution in [-0.4, -0.2) is 20.7 Å². The van der Waals surface area contributed by atoms with Crippen LogP contribution in [0.4, 0.5) is 5.13 Å². The minimum absolute atomic E-state index is 0.0308. The summed E-state index contributed by atoms with van der Waals surface area (Å²) in [5.41, 5.74) is 5.04. The fourth-order valence-corrected chi connectivity index (χ4v) is 3.95. The number of para-hydroxylation sites is 1. The average Bonchev–Trinajstić information content (AvgIpc) is 3.48. The summed E-state index contributed by atoms with van der Waals surface area (Å²) in [5, 5.41) is 21.3.